The largest absolute Gasteiger partial charge is 0.493 e. The number of hydrogen-bond acceptors (Lipinski definition) is 3. The first kappa shape index (κ1) is 10.9. The molecule has 0 amide bonds. The Hall–Kier alpha value is -1.22. The molecule has 0 saturated heterocycles. The third-order valence-electron chi connectivity index (χ3n) is 2.13. The Morgan fingerprint density at radius 2 is 1.64 bits per heavy atom. The van der Waals surface area contributed by atoms with Gasteiger partial charge >= 0.3 is 0 Å². The number of ether oxygens (including phenoxy) is 2. The SMILES string of the molecule is COc1ccc(C(C)(C)N)cc1OC. The summed E-state index contributed by atoms with van der Waals surface area (Å²) in [4.78, 5) is 0. The van der Waals surface area contributed by atoms with Gasteiger partial charge in [-0.2, -0.15) is 0 Å². The minimum absolute atomic E-state index is 0.362. The molecule has 1 rings (SSSR count). The van der Waals surface area contributed by atoms with Crippen LogP contribution in [0.3, 0.4) is 0 Å². The van der Waals surface area contributed by atoms with Crippen LogP contribution in [0.4, 0.5) is 0 Å². The lowest BCUT2D eigenvalue weighted by atomic mass is 9.95. The molecule has 2 N–H and O–H groups in total. The van der Waals surface area contributed by atoms with Gasteiger partial charge in [0.15, 0.2) is 11.5 Å². The van der Waals surface area contributed by atoms with Gasteiger partial charge in [0.25, 0.3) is 0 Å². The first-order chi connectivity index (χ1) is 6.49. The highest BCUT2D eigenvalue weighted by atomic mass is 16.5. The summed E-state index contributed by atoms with van der Waals surface area (Å²) < 4.78 is 10.3. The maximum Gasteiger partial charge on any atom is 0.161 e. The molecule has 0 spiro atoms. The quantitative estimate of drug-likeness (QED) is 0.801. The van der Waals surface area contributed by atoms with Crippen LogP contribution < -0.4 is 15.2 Å². The van der Waals surface area contributed by atoms with Crippen molar-refractivity contribution in [3.05, 3.63) is 23.8 Å². The van der Waals surface area contributed by atoms with Crippen molar-refractivity contribution in [1.82, 2.24) is 0 Å². The fourth-order valence-electron chi connectivity index (χ4n) is 1.24. The Labute approximate surface area is 84.8 Å². The topological polar surface area (TPSA) is 44.5 Å². The van der Waals surface area contributed by atoms with Crippen LogP contribution in [0.2, 0.25) is 0 Å². The molecule has 0 radical (unpaired) electrons. The summed E-state index contributed by atoms with van der Waals surface area (Å²) in [5.74, 6) is 1.43. The minimum Gasteiger partial charge on any atom is -0.493 e. The molecule has 0 aromatic heterocycles. The third-order valence-corrected chi connectivity index (χ3v) is 2.13. The summed E-state index contributed by atoms with van der Waals surface area (Å²) in [5.41, 5.74) is 6.64. The fraction of sp³-hybridized carbons (Fsp3) is 0.455. The maximum absolute atomic E-state index is 5.98. The molecule has 1 aromatic rings. The zero-order valence-corrected chi connectivity index (χ0v) is 9.13. The van der Waals surface area contributed by atoms with Crippen molar-refractivity contribution in [3.8, 4) is 11.5 Å². The second-order valence-corrected chi connectivity index (χ2v) is 3.79. The van der Waals surface area contributed by atoms with E-state index < -0.39 is 0 Å². The van der Waals surface area contributed by atoms with Crippen LogP contribution in [0.25, 0.3) is 0 Å². The fourth-order valence-corrected chi connectivity index (χ4v) is 1.24. The highest BCUT2D eigenvalue weighted by Gasteiger charge is 2.16. The van der Waals surface area contributed by atoms with Crippen LogP contribution in [-0.4, -0.2) is 14.2 Å². The van der Waals surface area contributed by atoms with Gasteiger partial charge in [0.05, 0.1) is 14.2 Å². The van der Waals surface area contributed by atoms with Crippen molar-refractivity contribution in [2.75, 3.05) is 14.2 Å². The molecule has 0 saturated carbocycles. The Kier molecular flexibility index (Phi) is 3.01. The van der Waals surface area contributed by atoms with Crippen molar-refractivity contribution < 1.29 is 9.47 Å². The third kappa shape index (κ3) is 2.17. The molecule has 0 fully saturated rings. The van der Waals surface area contributed by atoms with E-state index in [0.717, 1.165) is 11.3 Å². The first-order valence-electron chi connectivity index (χ1n) is 4.50. The molecule has 14 heavy (non-hydrogen) atoms. The molecular weight excluding hydrogens is 178 g/mol. The Morgan fingerprint density at radius 1 is 1.07 bits per heavy atom. The van der Waals surface area contributed by atoms with E-state index in [-0.39, 0.29) is 5.54 Å². The van der Waals surface area contributed by atoms with Gasteiger partial charge in [-0.1, -0.05) is 6.07 Å². The number of rotatable bonds is 3. The Bertz CT molecular complexity index is 316. The summed E-state index contributed by atoms with van der Waals surface area (Å²) in [7, 11) is 3.23. The van der Waals surface area contributed by atoms with Gasteiger partial charge in [0.1, 0.15) is 0 Å². The average Bonchev–Trinajstić information content (AvgIpc) is 2.15. The molecule has 1 aromatic carbocycles. The Morgan fingerprint density at radius 3 is 2.07 bits per heavy atom. The van der Waals surface area contributed by atoms with Gasteiger partial charge in [-0.15, -0.1) is 0 Å². The molecule has 0 aliphatic rings. The van der Waals surface area contributed by atoms with Gasteiger partial charge in [0, 0.05) is 5.54 Å². The van der Waals surface area contributed by atoms with E-state index in [9.17, 15) is 0 Å². The molecule has 0 aliphatic carbocycles. The molecule has 3 nitrogen and oxygen atoms in total. The van der Waals surface area contributed by atoms with Crippen molar-refractivity contribution in [2.24, 2.45) is 5.73 Å². The molecule has 0 unspecified atom stereocenters. The number of benzene rings is 1. The van der Waals surface area contributed by atoms with Crippen LogP contribution in [0.15, 0.2) is 18.2 Å². The van der Waals surface area contributed by atoms with E-state index >= 15 is 0 Å². The lowest BCUT2D eigenvalue weighted by molar-refractivity contribution is 0.353. The lowest BCUT2D eigenvalue weighted by Gasteiger charge is -2.20. The van der Waals surface area contributed by atoms with Crippen LogP contribution in [0, 0.1) is 0 Å². The zero-order chi connectivity index (χ0) is 10.8. The van der Waals surface area contributed by atoms with Gasteiger partial charge < -0.3 is 15.2 Å². The van der Waals surface area contributed by atoms with Crippen molar-refractivity contribution in [1.29, 1.82) is 0 Å². The molecule has 0 atom stereocenters. The van der Waals surface area contributed by atoms with E-state index in [1.54, 1.807) is 14.2 Å². The number of hydrogen-bond donors (Lipinski definition) is 1. The van der Waals surface area contributed by atoms with Crippen molar-refractivity contribution >= 4 is 0 Å². The highest BCUT2D eigenvalue weighted by Crippen LogP contribution is 2.30. The van der Waals surface area contributed by atoms with Gasteiger partial charge in [0.2, 0.25) is 0 Å². The number of methoxy groups -OCH3 is 2. The number of nitrogens with two attached hydrogens (primary N) is 1. The molecule has 0 bridgehead atoms. The van der Waals surface area contributed by atoms with E-state index in [1.807, 2.05) is 32.0 Å². The minimum atomic E-state index is -0.362. The van der Waals surface area contributed by atoms with E-state index in [2.05, 4.69) is 0 Å². The summed E-state index contributed by atoms with van der Waals surface area (Å²) in [6, 6.07) is 5.71. The van der Waals surface area contributed by atoms with E-state index in [1.165, 1.54) is 0 Å². The van der Waals surface area contributed by atoms with Gasteiger partial charge in [-0.25, -0.2) is 0 Å². The van der Waals surface area contributed by atoms with Gasteiger partial charge in [-0.3, -0.25) is 0 Å². The molecule has 3 heteroatoms. The second-order valence-electron chi connectivity index (χ2n) is 3.79. The summed E-state index contributed by atoms with van der Waals surface area (Å²) in [5, 5.41) is 0. The maximum atomic E-state index is 5.98. The summed E-state index contributed by atoms with van der Waals surface area (Å²) in [6.45, 7) is 3.91. The zero-order valence-electron chi connectivity index (χ0n) is 9.13. The summed E-state index contributed by atoms with van der Waals surface area (Å²) in [6.07, 6.45) is 0. The van der Waals surface area contributed by atoms with E-state index in [0.29, 0.717) is 5.75 Å². The lowest BCUT2D eigenvalue weighted by Crippen LogP contribution is -2.28. The molecule has 78 valence electrons. The highest BCUT2D eigenvalue weighted by molar-refractivity contribution is 5.44. The standard InChI is InChI=1S/C11H17NO2/c1-11(2,12)8-5-6-9(13-3)10(7-8)14-4/h5-7H,12H2,1-4H3. The van der Waals surface area contributed by atoms with Crippen molar-refractivity contribution in [2.45, 2.75) is 19.4 Å². The smallest absolute Gasteiger partial charge is 0.161 e. The molecular formula is C11H17NO2. The van der Waals surface area contributed by atoms with Crippen LogP contribution in [-0.2, 0) is 5.54 Å². The molecule has 0 aliphatic heterocycles. The van der Waals surface area contributed by atoms with Crippen LogP contribution in [0.5, 0.6) is 11.5 Å². The van der Waals surface area contributed by atoms with Gasteiger partial charge in [-0.05, 0) is 31.5 Å². The predicted molar refractivity (Wildman–Crippen MR) is 56.8 cm³/mol. The molecule has 0 heterocycles. The van der Waals surface area contributed by atoms with E-state index in [4.69, 9.17) is 15.2 Å². The average molecular weight is 195 g/mol. The predicted octanol–water partition coefficient (Wildman–Crippen LogP) is 1.90. The monoisotopic (exact) mass is 195 g/mol. The Balaban J connectivity index is 3.14. The second kappa shape index (κ2) is 3.88. The van der Waals surface area contributed by atoms with Crippen molar-refractivity contribution in [3.63, 3.8) is 0 Å². The van der Waals surface area contributed by atoms with Crippen LogP contribution in [0.1, 0.15) is 19.4 Å². The normalized spacial score (nSPS) is 11.2. The van der Waals surface area contributed by atoms with Crippen LogP contribution >= 0.6 is 0 Å². The first-order valence-corrected chi connectivity index (χ1v) is 4.50. The summed E-state index contributed by atoms with van der Waals surface area (Å²) >= 11 is 0.